The Balaban J connectivity index is 3.56. The third-order valence-corrected chi connectivity index (χ3v) is 0.784. The molecule has 0 saturated heterocycles. The molecule has 0 aromatic heterocycles. The molecule has 0 N–H and O–H groups in total. The van der Waals surface area contributed by atoms with E-state index in [2.05, 4.69) is 13.2 Å². The van der Waals surface area contributed by atoms with Gasteiger partial charge in [-0.25, -0.2) is 5.11 Å². The summed E-state index contributed by atoms with van der Waals surface area (Å²) in [6, 6.07) is 0. The molecular formula is C6H9O. The van der Waals surface area contributed by atoms with E-state index in [4.69, 9.17) is 0 Å². The maximum atomic E-state index is 10.3. The normalized spacial score (nSPS) is 12.9. The third-order valence-electron chi connectivity index (χ3n) is 0.784. The van der Waals surface area contributed by atoms with Crippen LogP contribution in [0.15, 0.2) is 24.8 Å². The van der Waals surface area contributed by atoms with Gasteiger partial charge in [0.25, 0.3) is 0 Å². The molecule has 1 unspecified atom stereocenters. The van der Waals surface area contributed by atoms with Crippen LogP contribution in [-0.4, -0.2) is 6.10 Å². The van der Waals surface area contributed by atoms with Gasteiger partial charge in [-0.05, 0) is 12.5 Å². The summed E-state index contributed by atoms with van der Waals surface area (Å²) < 4.78 is 0. The Kier molecular flexibility index (Phi) is 2.38. The highest BCUT2D eigenvalue weighted by Crippen LogP contribution is 1.97. The van der Waals surface area contributed by atoms with E-state index in [0.717, 1.165) is 0 Å². The molecule has 0 spiro atoms. The SMILES string of the molecule is C=CC(=C)C(C)[O]. The van der Waals surface area contributed by atoms with Crippen LogP contribution in [0.5, 0.6) is 0 Å². The lowest BCUT2D eigenvalue weighted by Gasteiger charge is -1.95. The van der Waals surface area contributed by atoms with Crippen molar-refractivity contribution in [1.29, 1.82) is 0 Å². The molecule has 1 radical (unpaired) electrons. The van der Waals surface area contributed by atoms with E-state index in [1.165, 1.54) is 6.08 Å². The quantitative estimate of drug-likeness (QED) is 0.466. The van der Waals surface area contributed by atoms with Crippen molar-refractivity contribution >= 4 is 0 Å². The van der Waals surface area contributed by atoms with Crippen LogP contribution in [0.4, 0.5) is 0 Å². The largest absolute Gasteiger partial charge is 0.228 e. The van der Waals surface area contributed by atoms with E-state index >= 15 is 0 Å². The van der Waals surface area contributed by atoms with E-state index < -0.39 is 6.10 Å². The summed E-state index contributed by atoms with van der Waals surface area (Å²) in [5.74, 6) is 0. The Hall–Kier alpha value is -0.560. The molecule has 39 valence electrons. The first-order valence-corrected chi connectivity index (χ1v) is 2.15. The standard InChI is InChI=1S/C6H9O/c1-4-5(2)6(3)7/h4,6H,1-2H2,3H3. The highest BCUT2D eigenvalue weighted by molar-refractivity contribution is 5.14. The monoisotopic (exact) mass is 97.1 g/mol. The number of hydrogen-bond donors (Lipinski definition) is 0. The van der Waals surface area contributed by atoms with Gasteiger partial charge in [0.1, 0.15) is 6.10 Å². The summed E-state index contributed by atoms with van der Waals surface area (Å²) in [5, 5.41) is 10.3. The first kappa shape index (κ1) is 6.44. The average Bonchev–Trinajstić information content (AvgIpc) is 1.65. The highest BCUT2D eigenvalue weighted by Gasteiger charge is 1.95. The predicted molar refractivity (Wildman–Crippen MR) is 29.5 cm³/mol. The summed E-state index contributed by atoms with van der Waals surface area (Å²) in [6.45, 7) is 8.37. The van der Waals surface area contributed by atoms with Gasteiger partial charge in [-0.15, -0.1) is 0 Å². The van der Waals surface area contributed by atoms with Gasteiger partial charge in [0, 0.05) is 0 Å². The lowest BCUT2D eigenvalue weighted by Crippen LogP contribution is -1.96. The second kappa shape index (κ2) is 2.59. The van der Waals surface area contributed by atoms with Crippen LogP contribution in [0.2, 0.25) is 0 Å². The average molecular weight is 97.1 g/mol. The number of hydrogen-bond acceptors (Lipinski definition) is 0. The van der Waals surface area contributed by atoms with Crippen LogP contribution in [0.1, 0.15) is 6.92 Å². The highest BCUT2D eigenvalue weighted by atomic mass is 16.3. The van der Waals surface area contributed by atoms with Crippen LogP contribution in [0.25, 0.3) is 0 Å². The van der Waals surface area contributed by atoms with Gasteiger partial charge in [-0.2, -0.15) is 0 Å². The van der Waals surface area contributed by atoms with Crippen molar-refractivity contribution in [3.63, 3.8) is 0 Å². The van der Waals surface area contributed by atoms with Crippen molar-refractivity contribution in [2.75, 3.05) is 0 Å². The molecule has 0 aromatic carbocycles. The smallest absolute Gasteiger partial charge is 0.115 e. The van der Waals surface area contributed by atoms with E-state index in [1.807, 2.05) is 0 Å². The Morgan fingerprint density at radius 1 is 1.86 bits per heavy atom. The molecule has 0 fully saturated rings. The van der Waals surface area contributed by atoms with Crippen molar-refractivity contribution in [3.8, 4) is 0 Å². The minimum Gasteiger partial charge on any atom is -0.228 e. The van der Waals surface area contributed by atoms with Crippen LogP contribution in [0.3, 0.4) is 0 Å². The van der Waals surface area contributed by atoms with E-state index in [1.54, 1.807) is 6.92 Å². The van der Waals surface area contributed by atoms with Gasteiger partial charge in [-0.3, -0.25) is 0 Å². The lowest BCUT2D eigenvalue weighted by atomic mass is 10.2. The molecule has 0 aliphatic heterocycles. The van der Waals surface area contributed by atoms with Crippen molar-refractivity contribution in [2.24, 2.45) is 0 Å². The maximum Gasteiger partial charge on any atom is 0.115 e. The molecule has 0 saturated carbocycles. The van der Waals surface area contributed by atoms with E-state index in [9.17, 15) is 5.11 Å². The summed E-state index contributed by atoms with van der Waals surface area (Å²) in [6.07, 6.45) is 0.787. The Bertz CT molecular complexity index is 82.2. The Labute approximate surface area is 44.0 Å². The molecule has 0 bridgehead atoms. The van der Waals surface area contributed by atoms with Gasteiger partial charge in [0.2, 0.25) is 0 Å². The van der Waals surface area contributed by atoms with Gasteiger partial charge in [-0.1, -0.05) is 19.2 Å². The second-order valence-electron chi connectivity index (χ2n) is 1.42. The fourth-order valence-electron chi connectivity index (χ4n) is 0.166. The summed E-state index contributed by atoms with van der Waals surface area (Å²) in [5.41, 5.74) is 0.556. The maximum absolute atomic E-state index is 10.3. The lowest BCUT2D eigenvalue weighted by molar-refractivity contribution is 0.139. The molecular weight excluding hydrogens is 88.1 g/mol. The van der Waals surface area contributed by atoms with E-state index in [0.29, 0.717) is 5.57 Å². The molecule has 7 heavy (non-hydrogen) atoms. The van der Waals surface area contributed by atoms with Crippen LogP contribution in [0, 0.1) is 0 Å². The number of rotatable bonds is 2. The summed E-state index contributed by atoms with van der Waals surface area (Å²) in [4.78, 5) is 0. The van der Waals surface area contributed by atoms with Gasteiger partial charge >= 0.3 is 0 Å². The second-order valence-corrected chi connectivity index (χ2v) is 1.42. The van der Waals surface area contributed by atoms with E-state index in [-0.39, 0.29) is 0 Å². The topological polar surface area (TPSA) is 19.9 Å². The van der Waals surface area contributed by atoms with Crippen molar-refractivity contribution in [1.82, 2.24) is 0 Å². The minimum absolute atomic E-state index is 0.556. The molecule has 0 aliphatic carbocycles. The zero-order valence-electron chi connectivity index (χ0n) is 4.48. The molecule has 0 amide bonds. The predicted octanol–water partition coefficient (Wildman–Crippen LogP) is 1.55. The fraction of sp³-hybridized carbons (Fsp3) is 0.333. The summed E-state index contributed by atoms with van der Waals surface area (Å²) in [7, 11) is 0. The van der Waals surface area contributed by atoms with Gasteiger partial charge < -0.3 is 0 Å². The fourth-order valence-corrected chi connectivity index (χ4v) is 0.166. The van der Waals surface area contributed by atoms with Crippen molar-refractivity contribution < 1.29 is 5.11 Å². The minimum atomic E-state index is -0.697. The van der Waals surface area contributed by atoms with Crippen molar-refractivity contribution in [3.05, 3.63) is 24.8 Å². The molecule has 0 aliphatic rings. The molecule has 0 aromatic rings. The van der Waals surface area contributed by atoms with Crippen LogP contribution < -0.4 is 0 Å². The molecule has 1 atom stereocenters. The Morgan fingerprint density at radius 3 is 2.29 bits per heavy atom. The zero-order chi connectivity index (χ0) is 5.86. The Morgan fingerprint density at radius 2 is 2.29 bits per heavy atom. The zero-order valence-corrected chi connectivity index (χ0v) is 4.48. The molecule has 1 heteroatoms. The molecule has 0 heterocycles. The third kappa shape index (κ3) is 2.18. The molecule has 1 nitrogen and oxygen atoms in total. The first-order valence-electron chi connectivity index (χ1n) is 2.15. The van der Waals surface area contributed by atoms with Crippen LogP contribution >= 0.6 is 0 Å². The van der Waals surface area contributed by atoms with Gasteiger partial charge in [0.05, 0.1) is 0 Å². The molecule has 0 rings (SSSR count). The first-order chi connectivity index (χ1) is 3.18. The summed E-state index contributed by atoms with van der Waals surface area (Å²) >= 11 is 0. The van der Waals surface area contributed by atoms with Crippen LogP contribution in [-0.2, 0) is 5.11 Å². The van der Waals surface area contributed by atoms with Gasteiger partial charge in [0.15, 0.2) is 0 Å². The van der Waals surface area contributed by atoms with Crippen molar-refractivity contribution in [2.45, 2.75) is 13.0 Å².